The predicted molar refractivity (Wildman–Crippen MR) is 130 cm³/mol. The molecule has 0 aliphatic rings. The summed E-state index contributed by atoms with van der Waals surface area (Å²) in [5.41, 5.74) is 0. The van der Waals surface area contributed by atoms with E-state index < -0.39 is 0 Å². The molecule has 0 bridgehead atoms. The quantitative estimate of drug-likeness (QED) is 0.198. The van der Waals surface area contributed by atoms with Crippen LogP contribution in [-0.2, 0) is 0 Å². The van der Waals surface area contributed by atoms with Gasteiger partial charge in [-0.2, -0.15) is 0 Å². The number of nitrogens with zero attached hydrogens (tertiary/aromatic N) is 2. The van der Waals surface area contributed by atoms with Crippen molar-refractivity contribution in [2.75, 3.05) is 0 Å². The summed E-state index contributed by atoms with van der Waals surface area (Å²) in [5, 5.41) is 0. The van der Waals surface area contributed by atoms with Gasteiger partial charge in [0.1, 0.15) is 5.82 Å². The molecule has 0 aromatic carbocycles. The van der Waals surface area contributed by atoms with Crippen molar-refractivity contribution in [3.8, 4) is 0 Å². The van der Waals surface area contributed by atoms with E-state index in [2.05, 4.69) is 38.5 Å². The van der Waals surface area contributed by atoms with Gasteiger partial charge in [0.2, 0.25) is 0 Å². The van der Waals surface area contributed by atoms with Crippen molar-refractivity contribution >= 4 is 0 Å². The first-order valence-corrected chi connectivity index (χ1v) is 13.2. The first-order chi connectivity index (χ1) is 14.2. The Hall–Kier alpha value is -0.790. The predicted octanol–water partition coefficient (Wildman–Crippen LogP) is 9.61. The Morgan fingerprint density at radius 1 is 0.655 bits per heavy atom. The molecule has 0 aliphatic carbocycles. The van der Waals surface area contributed by atoms with Crippen LogP contribution in [-0.4, -0.2) is 9.55 Å². The van der Waals surface area contributed by atoms with Crippen LogP contribution < -0.4 is 0 Å². The molecule has 1 rings (SSSR count). The standard InChI is InChI=1S/C27H52N2/c1-5-7-9-10-11-12-13-14-15-16-17-18-19-20-21-25(3)27-28-23-24-29(27)26(4)22-8-6-2/h23-26H,5-22H2,1-4H3. The molecule has 0 fully saturated rings. The first-order valence-electron chi connectivity index (χ1n) is 13.2. The Morgan fingerprint density at radius 2 is 1.14 bits per heavy atom. The second kappa shape index (κ2) is 18.0. The summed E-state index contributed by atoms with van der Waals surface area (Å²) in [6, 6.07) is 0.589. The minimum atomic E-state index is 0.589. The zero-order chi connectivity index (χ0) is 21.2. The molecule has 0 saturated carbocycles. The van der Waals surface area contributed by atoms with E-state index >= 15 is 0 Å². The third-order valence-corrected chi connectivity index (χ3v) is 6.58. The molecule has 2 heteroatoms. The van der Waals surface area contributed by atoms with E-state index in [1.807, 2.05) is 6.20 Å². The van der Waals surface area contributed by atoms with Crippen LogP contribution in [0.5, 0.6) is 0 Å². The Kier molecular flexibility index (Phi) is 16.3. The topological polar surface area (TPSA) is 17.8 Å². The minimum Gasteiger partial charge on any atom is -0.332 e. The summed E-state index contributed by atoms with van der Waals surface area (Å²) in [5.74, 6) is 1.90. The molecule has 0 spiro atoms. The molecule has 0 amide bonds. The van der Waals surface area contributed by atoms with Gasteiger partial charge in [0.25, 0.3) is 0 Å². The average Bonchev–Trinajstić information content (AvgIpc) is 3.22. The van der Waals surface area contributed by atoms with E-state index in [4.69, 9.17) is 4.98 Å². The molecule has 0 N–H and O–H groups in total. The average molecular weight is 405 g/mol. The summed E-state index contributed by atoms with van der Waals surface area (Å²) < 4.78 is 2.43. The zero-order valence-electron chi connectivity index (χ0n) is 20.4. The Balaban J connectivity index is 1.99. The lowest BCUT2D eigenvalue weighted by Gasteiger charge is -2.19. The SMILES string of the molecule is CCCCCCCCCCCCCCCCC(C)c1nccn1C(C)CCCC. The van der Waals surface area contributed by atoms with E-state index in [1.54, 1.807) is 0 Å². The van der Waals surface area contributed by atoms with Gasteiger partial charge >= 0.3 is 0 Å². The van der Waals surface area contributed by atoms with Gasteiger partial charge in [-0.25, -0.2) is 4.98 Å². The maximum atomic E-state index is 4.69. The third-order valence-electron chi connectivity index (χ3n) is 6.58. The van der Waals surface area contributed by atoms with Crippen molar-refractivity contribution < 1.29 is 0 Å². The Labute approximate surface area is 183 Å². The molecule has 0 radical (unpaired) electrons. The number of hydrogen-bond acceptors (Lipinski definition) is 1. The van der Waals surface area contributed by atoms with Gasteiger partial charge in [0, 0.05) is 24.4 Å². The lowest BCUT2D eigenvalue weighted by Crippen LogP contribution is -2.11. The number of aromatic nitrogens is 2. The van der Waals surface area contributed by atoms with Crippen molar-refractivity contribution in [1.29, 1.82) is 0 Å². The van der Waals surface area contributed by atoms with Crippen LogP contribution in [0.3, 0.4) is 0 Å². The number of hydrogen-bond donors (Lipinski definition) is 0. The highest BCUT2D eigenvalue weighted by molar-refractivity contribution is 5.00. The summed E-state index contributed by atoms with van der Waals surface area (Å²) in [4.78, 5) is 4.69. The van der Waals surface area contributed by atoms with Gasteiger partial charge in [0.05, 0.1) is 0 Å². The van der Waals surface area contributed by atoms with Crippen LogP contribution in [0.2, 0.25) is 0 Å². The van der Waals surface area contributed by atoms with Crippen LogP contribution in [0.1, 0.15) is 161 Å². The van der Waals surface area contributed by atoms with Crippen molar-refractivity contribution in [2.45, 2.75) is 155 Å². The van der Waals surface area contributed by atoms with E-state index in [0.717, 1.165) is 0 Å². The smallest absolute Gasteiger partial charge is 0.111 e. The number of rotatable bonds is 20. The highest BCUT2D eigenvalue weighted by atomic mass is 15.1. The molecule has 1 aromatic rings. The summed E-state index contributed by atoms with van der Waals surface area (Å²) >= 11 is 0. The molecule has 2 nitrogen and oxygen atoms in total. The minimum absolute atomic E-state index is 0.589. The molecule has 170 valence electrons. The molecular weight excluding hydrogens is 352 g/mol. The van der Waals surface area contributed by atoms with Gasteiger partial charge in [-0.1, -0.05) is 124 Å². The number of unbranched alkanes of at least 4 members (excludes halogenated alkanes) is 14. The van der Waals surface area contributed by atoms with Crippen molar-refractivity contribution in [3.63, 3.8) is 0 Å². The fourth-order valence-electron chi connectivity index (χ4n) is 4.49. The van der Waals surface area contributed by atoms with E-state index in [1.165, 1.54) is 121 Å². The lowest BCUT2D eigenvalue weighted by molar-refractivity contribution is 0.445. The monoisotopic (exact) mass is 404 g/mol. The van der Waals surface area contributed by atoms with E-state index in [-0.39, 0.29) is 0 Å². The van der Waals surface area contributed by atoms with Crippen LogP contribution in [0.15, 0.2) is 12.4 Å². The molecule has 2 atom stereocenters. The maximum absolute atomic E-state index is 4.69. The zero-order valence-corrected chi connectivity index (χ0v) is 20.4. The first kappa shape index (κ1) is 26.2. The molecule has 0 saturated heterocycles. The van der Waals surface area contributed by atoms with Gasteiger partial charge in [0.15, 0.2) is 0 Å². The Bertz CT molecular complexity index is 465. The fourth-order valence-corrected chi connectivity index (χ4v) is 4.49. The fraction of sp³-hybridized carbons (Fsp3) is 0.889. The second-order valence-corrected chi connectivity index (χ2v) is 9.47. The maximum Gasteiger partial charge on any atom is 0.111 e. The van der Waals surface area contributed by atoms with Crippen molar-refractivity contribution in [2.24, 2.45) is 0 Å². The molecular formula is C27H52N2. The van der Waals surface area contributed by atoms with Crippen LogP contribution in [0.4, 0.5) is 0 Å². The molecule has 0 aliphatic heterocycles. The highest BCUT2D eigenvalue weighted by Crippen LogP contribution is 2.25. The van der Waals surface area contributed by atoms with Crippen LogP contribution in [0, 0.1) is 0 Å². The highest BCUT2D eigenvalue weighted by Gasteiger charge is 2.15. The normalized spacial score (nSPS) is 13.7. The molecule has 29 heavy (non-hydrogen) atoms. The largest absolute Gasteiger partial charge is 0.332 e. The van der Waals surface area contributed by atoms with Crippen LogP contribution in [0.25, 0.3) is 0 Å². The number of imidazole rings is 1. The summed E-state index contributed by atoms with van der Waals surface area (Å²) in [7, 11) is 0. The van der Waals surface area contributed by atoms with Gasteiger partial charge in [-0.3, -0.25) is 0 Å². The lowest BCUT2D eigenvalue weighted by atomic mass is 10.00. The third kappa shape index (κ3) is 12.5. The second-order valence-electron chi connectivity index (χ2n) is 9.47. The molecule has 2 unspecified atom stereocenters. The van der Waals surface area contributed by atoms with Crippen molar-refractivity contribution in [3.05, 3.63) is 18.2 Å². The molecule has 1 heterocycles. The summed E-state index contributed by atoms with van der Waals surface area (Å²) in [6.07, 6.45) is 29.4. The Morgan fingerprint density at radius 3 is 1.66 bits per heavy atom. The van der Waals surface area contributed by atoms with E-state index in [0.29, 0.717) is 12.0 Å². The van der Waals surface area contributed by atoms with E-state index in [9.17, 15) is 0 Å². The van der Waals surface area contributed by atoms with Crippen molar-refractivity contribution in [1.82, 2.24) is 9.55 Å². The molecule has 1 aromatic heterocycles. The van der Waals surface area contributed by atoms with Gasteiger partial charge < -0.3 is 4.57 Å². The summed E-state index contributed by atoms with van der Waals surface area (Å²) in [6.45, 7) is 9.29. The van der Waals surface area contributed by atoms with Crippen LogP contribution >= 0.6 is 0 Å². The van der Waals surface area contributed by atoms with Gasteiger partial charge in [-0.15, -0.1) is 0 Å². The van der Waals surface area contributed by atoms with Gasteiger partial charge in [-0.05, 0) is 19.8 Å².